The van der Waals surface area contributed by atoms with Crippen LogP contribution in [0, 0.1) is 13.8 Å². The Morgan fingerprint density at radius 3 is 3.03 bits per heavy atom. The number of pyridine rings is 1. The van der Waals surface area contributed by atoms with Crippen LogP contribution in [0.5, 0.6) is 0 Å². The number of fused-ring (bicyclic) bond motifs is 3. The minimum absolute atomic E-state index is 0.108. The third kappa shape index (κ3) is 3.43. The van der Waals surface area contributed by atoms with Crippen molar-refractivity contribution in [2.24, 2.45) is 0 Å². The number of hydrogen-bond acceptors (Lipinski definition) is 5. The van der Waals surface area contributed by atoms with Crippen LogP contribution in [0.25, 0.3) is 11.3 Å². The van der Waals surface area contributed by atoms with Crippen LogP contribution in [0.1, 0.15) is 51.5 Å². The second-order valence-corrected chi connectivity index (χ2v) is 8.17. The van der Waals surface area contributed by atoms with Gasteiger partial charge in [-0.1, -0.05) is 6.07 Å². The van der Waals surface area contributed by atoms with E-state index in [1.165, 1.54) is 5.56 Å². The molecule has 7 heteroatoms. The van der Waals surface area contributed by atoms with Crippen molar-refractivity contribution in [3.63, 3.8) is 0 Å². The normalized spacial score (nSPS) is 17.6. The van der Waals surface area contributed by atoms with Gasteiger partial charge in [0.1, 0.15) is 5.76 Å². The predicted molar refractivity (Wildman–Crippen MR) is 111 cm³/mol. The zero-order chi connectivity index (χ0) is 20.7. The van der Waals surface area contributed by atoms with Gasteiger partial charge in [-0.2, -0.15) is 5.10 Å². The number of furan rings is 1. The van der Waals surface area contributed by atoms with Gasteiger partial charge in [0.2, 0.25) is 0 Å². The van der Waals surface area contributed by atoms with Crippen molar-refractivity contribution in [2.45, 2.75) is 52.2 Å². The zero-order valence-electron chi connectivity index (χ0n) is 17.4. The molecule has 156 valence electrons. The lowest BCUT2D eigenvalue weighted by atomic mass is 9.93. The number of carbonyl (C=O) groups excluding carboxylic acids is 1. The number of hydrogen-bond donors (Lipinski definition) is 1. The van der Waals surface area contributed by atoms with E-state index in [1.807, 2.05) is 23.9 Å². The summed E-state index contributed by atoms with van der Waals surface area (Å²) in [6.07, 6.45) is 7.69. The fourth-order valence-electron chi connectivity index (χ4n) is 4.39. The maximum atomic E-state index is 12.7. The fourth-order valence-corrected chi connectivity index (χ4v) is 4.39. The molecule has 5 rings (SSSR count). The first-order valence-electron chi connectivity index (χ1n) is 10.6. The van der Waals surface area contributed by atoms with E-state index in [-0.39, 0.29) is 12.0 Å². The van der Waals surface area contributed by atoms with Crippen molar-refractivity contribution in [2.75, 3.05) is 13.2 Å². The Morgan fingerprint density at radius 2 is 2.23 bits per heavy atom. The number of carbonyl (C=O) groups is 1. The molecule has 0 bridgehead atoms. The molecule has 0 spiro atoms. The van der Waals surface area contributed by atoms with Gasteiger partial charge in [0, 0.05) is 43.1 Å². The summed E-state index contributed by atoms with van der Waals surface area (Å²) in [5.74, 6) is 1.06. The van der Waals surface area contributed by atoms with Crippen molar-refractivity contribution >= 4 is 5.91 Å². The molecular weight excluding hydrogens is 380 g/mol. The van der Waals surface area contributed by atoms with E-state index in [0.29, 0.717) is 18.8 Å². The first-order chi connectivity index (χ1) is 14.6. The summed E-state index contributed by atoms with van der Waals surface area (Å²) in [6.45, 7) is 5.93. The lowest BCUT2D eigenvalue weighted by Gasteiger charge is -2.10. The van der Waals surface area contributed by atoms with Crippen LogP contribution in [0.4, 0.5) is 0 Å². The number of nitrogens with zero attached hydrogens (tertiary/aromatic N) is 3. The summed E-state index contributed by atoms with van der Waals surface area (Å²) in [6, 6.07) is 4.01. The molecule has 3 aromatic rings. The molecule has 3 aromatic heterocycles. The SMILES string of the molecule is Cc1cccnc1Cn1cc2c(n1)-c1c(oc(C(=O)NC[C@@H]3CCCO3)c1C)CC2. The first-order valence-corrected chi connectivity index (χ1v) is 10.6. The Hall–Kier alpha value is -2.93. The molecule has 0 unspecified atom stereocenters. The molecule has 0 saturated carbocycles. The monoisotopic (exact) mass is 406 g/mol. The summed E-state index contributed by atoms with van der Waals surface area (Å²) < 4.78 is 13.5. The van der Waals surface area contributed by atoms with Crippen LogP contribution in [0.2, 0.25) is 0 Å². The Labute approximate surface area is 175 Å². The van der Waals surface area contributed by atoms with Crippen molar-refractivity contribution in [3.8, 4) is 11.3 Å². The van der Waals surface area contributed by atoms with Crippen LogP contribution >= 0.6 is 0 Å². The van der Waals surface area contributed by atoms with E-state index in [2.05, 4.69) is 29.5 Å². The average molecular weight is 406 g/mol. The van der Waals surface area contributed by atoms with Gasteiger partial charge < -0.3 is 14.5 Å². The van der Waals surface area contributed by atoms with E-state index in [4.69, 9.17) is 14.3 Å². The number of amides is 1. The molecular formula is C23H26N4O3. The fraction of sp³-hybridized carbons (Fsp3) is 0.435. The molecule has 1 fully saturated rings. The minimum atomic E-state index is -0.178. The van der Waals surface area contributed by atoms with Gasteiger partial charge in [-0.15, -0.1) is 0 Å². The topological polar surface area (TPSA) is 82.2 Å². The third-order valence-electron chi connectivity index (χ3n) is 6.07. The van der Waals surface area contributed by atoms with Gasteiger partial charge in [0.05, 0.1) is 24.0 Å². The second kappa shape index (κ2) is 7.72. The van der Waals surface area contributed by atoms with Crippen molar-refractivity contribution in [3.05, 3.63) is 58.4 Å². The average Bonchev–Trinajstić information content (AvgIpc) is 3.46. The molecule has 4 heterocycles. The first kappa shape index (κ1) is 19.1. The van der Waals surface area contributed by atoms with Gasteiger partial charge in [0.25, 0.3) is 5.91 Å². The van der Waals surface area contributed by atoms with E-state index in [9.17, 15) is 4.79 Å². The van der Waals surface area contributed by atoms with E-state index in [1.54, 1.807) is 0 Å². The van der Waals surface area contributed by atoms with Crippen molar-refractivity contribution < 1.29 is 13.9 Å². The quantitative estimate of drug-likeness (QED) is 0.704. The van der Waals surface area contributed by atoms with Crippen molar-refractivity contribution in [1.29, 1.82) is 0 Å². The van der Waals surface area contributed by atoms with E-state index < -0.39 is 0 Å². The molecule has 2 aliphatic rings. The maximum Gasteiger partial charge on any atom is 0.287 e. The number of rotatable bonds is 5. The highest BCUT2D eigenvalue weighted by Gasteiger charge is 2.30. The second-order valence-electron chi connectivity index (χ2n) is 8.17. The molecule has 0 aromatic carbocycles. The standard InChI is InChI=1S/C23H26N4O3/c1-14-5-3-9-24-18(14)13-27-12-16-7-8-19-20(21(16)26-27)15(2)22(30-19)23(28)25-11-17-6-4-10-29-17/h3,5,9,12,17H,4,6-8,10-11,13H2,1-2H3,(H,25,28)/t17-/m0/s1. The predicted octanol–water partition coefficient (Wildman–Crippen LogP) is 3.21. The van der Waals surface area contributed by atoms with Crippen LogP contribution < -0.4 is 5.32 Å². The van der Waals surface area contributed by atoms with Gasteiger partial charge >= 0.3 is 0 Å². The van der Waals surface area contributed by atoms with Gasteiger partial charge in [0.15, 0.2) is 5.76 Å². The van der Waals surface area contributed by atoms with E-state index in [0.717, 1.165) is 66.1 Å². The Bertz CT molecular complexity index is 1090. The lowest BCUT2D eigenvalue weighted by Crippen LogP contribution is -2.31. The highest BCUT2D eigenvalue weighted by Crippen LogP contribution is 2.38. The van der Waals surface area contributed by atoms with Gasteiger partial charge in [-0.3, -0.25) is 14.5 Å². The van der Waals surface area contributed by atoms with Crippen molar-refractivity contribution in [1.82, 2.24) is 20.1 Å². The van der Waals surface area contributed by atoms with Crippen LogP contribution in [-0.4, -0.2) is 39.9 Å². The largest absolute Gasteiger partial charge is 0.455 e. The van der Waals surface area contributed by atoms with Crippen LogP contribution in [0.15, 0.2) is 28.9 Å². The zero-order valence-corrected chi connectivity index (χ0v) is 17.4. The van der Waals surface area contributed by atoms with Crippen LogP contribution in [-0.2, 0) is 24.1 Å². The smallest absolute Gasteiger partial charge is 0.287 e. The molecule has 0 radical (unpaired) electrons. The molecule has 1 aliphatic carbocycles. The summed E-state index contributed by atoms with van der Waals surface area (Å²) in [5, 5.41) is 7.80. The maximum absolute atomic E-state index is 12.7. The minimum Gasteiger partial charge on any atom is -0.455 e. The Morgan fingerprint density at radius 1 is 1.33 bits per heavy atom. The molecule has 1 aliphatic heterocycles. The molecule has 30 heavy (non-hydrogen) atoms. The highest BCUT2D eigenvalue weighted by atomic mass is 16.5. The van der Waals surface area contributed by atoms with Gasteiger partial charge in [-0.05, 0) is 50.3 Å². The van der Waals surface area contributed by atoms with Crippen LogP contribution in [0.3, 0.4) is 0 Å². The number of ether oxygens (including phenoxy) is 1. The summed E-state index contributed by atoms with van der Waals surface area (Å²) in [5.41, 5.74) is 6.09. The number of aromatic nitrogens is 3. The van der Waals surface area contributed by atoms with E-state index >= 15 is 0 Å². The molecule has 1 N–H and O–H groups in total. The third-order valence-corrected chi connectivity index (χ3v) is 6.07. The molecule has 1 amide bonds. The molecule has 7 nitrogen and oxygen atoms in total. The molecule has 1 saturated heterocycles. The van der Waals surface area contributed by atoms with Gasteiger partial charge in [-0.25, -0.2) is 0 Å². The number of nitrogens with one attached hydrogen (secondary N) is 1. The summed E-state index contributed by atoms with van der Waals surface area (Å²) in [4.78, 5) is 17.2. The summed E-state index contributed by atoms with van der Waals surface area (Å²) >= 11 is 0. The lowest BCUT2D eigenvalue weighted by molar-refractivity contribution is 0.0833. The summed E-state index contributed by atoms with van der Waals surface area (Å²) in [7, 11) is 0. The number of aryl methyl sites for hydroxylation is 3. The Balaban J connectivity index is 1.39. The highest BCUT2D eigenvalue weighted by molar-refractivity contribution is 5.95. The Kier molecular flexibility index (Phi) is 4.90. The molecule has 1 atom stereocenters.